The molecule has 0 saturated heterocycles. The van der Waals surface area contributed by atoms with Gasteiger partial charge in [0.05, 0.1) is 16.6 Å². The van der Waals surface area contributed by atoms with E-state index in [4.69, 9.17) is 24.7 Å². The van der Waals surface area contributed by atoms with Crippen LogP contribution in [0.3, 0.4) is 0 Å². The first-order chi connectivity index (χ1) is 31.7. The van der Waals surface area contributed by atoms with Crippen molar-refractivity contribution in [3.05, 3.63) is 241 Å². The molecule has 0 amide bonds. The maximum atomic E-state index is 6.97. The van der Waals surface area contributed by atoms with Crippen LogP contribution in [-0.4, -0.2) is 19.9 Å². The van der Waals surface area contributed by atoms with Crippen LogP contribution in [0.2, 0.25) is 0 Å². The Morgan fingerprint density at radius 2 is 0.781 bits per heavy atom. The molecule has 11 aromatic rings. The van der Waals surface area contributed by atoms with E-state index in [-0.39, 0.29) is 0 Å². The van der Waals surface area contributed by atoms with Gasteiger partial charge in [-0.25, -0.2) is 19.9 Å². The largest absolute Gasteiger partial charge is 0.457 e. The molecular weight excluding hydrogens is 781 g/mol. The standard InChI is InChI=1S/C59H36N4O/c1-4-16-38(17-5-1)55-47-35-51-54(64-53-27-15-14-26-50(53)59(51)48-24-12-10-22-43(48)44-23-11-13-25-49(44)59)36-46(47)45-33-32-42(34-52(45)60-55)37-28-30-41(31-29-37)58-62-56(39-18-6-2-7-19-39)61-57(63-58)40-20-8-3-9-21-40/h1-36H. The van der Waals surface area contributed by atoms with E-state index in [9.17, 15) is 0 Å². The van der Waals surface area contributed by atoms with Gasteiger partial charge in [0.25, 0.3) is 0 Å². The van der Waals surface area contributed by atoms with Crippen molar-refractivity contribution in [1.82, 2.24) is 19.9 Å². The summed E-state index contributed by atoms with van der Waals surface area (Å²) in [5.74, 6) is 3.63. The molecule has 2 aliphatic rings. The Kier molecular flexibility index (Phi) is 8.06. The topological polar surface area (TPSA) is 60.8 Å². The third kappa shape index (κ3) is 5.51. The second-order valence-electron chi connectivity index (χ2n) is 16.5. The normalized spacial score (nSPS) is 12.9. The summed E-state index contributed by atoms with van der Waals surface area (Å²) < 4.78 is 6.97. The molecule has 64 heavy (non-hydrogen) atoms. The zero-order chi connectivity index (χ0) is 42.2. The van der Waals surface area contributed by atoms with E-state index >= 15 is 0 Å². The molecule has 0 atom stereocenters. The predicted octanol–water partition coefficient (Wildman–Crippen LogP) is 14.4. The van der Waals surface area contributed by atoms with Crippen LogP contribution < -0.4 is 4.74 Å². The minimum Gasteiger partial charge on any atom is -0.457 e. The van der Waals surface area contributed by atoms with Gasteiger partial charge in [-0.2, -0.15) is 0 Å². The molecular formula is C59H36N4O. The lowest BCUT2D eigenvalue weighted by atomic mass is 9.65. The highest BCUT2D eigenvalue weighted by Gasteiger charge is 2.51. The van der Waals surface area contributed by atoms with E-state index in [1.165, 1.54) is 22.3 Å². The first-order valence-corrected chi connectivity index (χ1v) is 21.6. The van der Waals surface area contributed by atoms with Crippen molar-refractivity contribution >= 4 is 21.7 Å². The molecule has 5 heteroatoms. The van der Waals surface area contributed by atoms with E-state index in [2.05, 4.69) is 158 Å². The van der Waals surface area contributed by atoms with E-state index in [0.29, 0.717) is 17.5 Å². The van der Waals surface area contributed by atoms with Crippen LogP contribution in [0.4, 0.5) is 0 Å². The highest BCUT2D eigenvalue weighted by Crippen LogP contribution is 2.62. The van der Waals surface area contributed by atoms with Gasteiger partial charge in [0.15, 0.2) is 17.5 Å². The van der Waals surface area contributed by atoms with Crippen molar-refractivity contribution in [3.8, 4) is 79.2 Å². The number of aromatic nitrogens is 4. The van der Waals surface area contributed by atoms with E-state index in [1.807, 2.05) is 60.7 Å². The van der Waals surface area contributed by atoms with Crippen LogP contribution in [0.25, 0.3) is 89.4 Å². The molecule has 2 aromatic heterocycles. The zero-order valence-corrected chi connectivity index (χ0v) is 34.5. The Balaban J connectivity index is 0.970. The van der Waals surface area contributed by atoms with Gasteiger partial charge in [0.1, 0.15) is 11.5 Å². The molecule has 1 aliphatic carbocycles. The first kappa shape index (κ1) is 36.1. The molecule has 0 radical (unpaired) electrons. The Hall–Kier alpha value is -8.54. The van der Waals surface area contributed by atoms with Crippen molar-refractivity contribution in [2.45, 2.75) is 5.41 Å². The Bertz CT molecular complexity index is 3520. The van der Waals surface area contributed by atoms with Crippen LogP contribution in [0, 0.1) is 0 Å². The summed E-state index contributed by atoms with van der Waals surface area (Å²) in [5, 5.41) is 3.24. The van der Waals surface area contributed by atoms with Gasteiger partial charge < -0.3 is 4.74 Å². The van der Waals surface area contributed by atoms with Crippen LogP contribution in [0.1, 0.15) is 22.3 Å². The van der Waals surface area contributed by atoms with Gasteiger partial charge in [0, 0.05) is 44.2 Å². The second-order valence-corrected chi connectivity index (χ2v) is 16.5. The van der Waals surface area contributed by atoms with E-state index in [0.717, 1.165) is 83.4 Å². The quantitative estimate of drug-likeness (QED) is 0.162. The third-order valence-corrected chi connectivity index (χ3v) is 13.0. The molecule has 1 spiro atoms. The number of hydrogen-bond acceptors (Lipinski definition) is 5. The van der Waals surface area contributed by atoms with Crippen LogP contribution in [-0.2, 0) is 5.41 Å². The second kappa shape index (κ2) is 14.3. The predicted molar refractivity (Wildman–Crippen MR) is 257 cm³/mol. The van der Waals surface area contributed by atoms with Gasteiger partial charge in [0.2, 0.25) is 0 Å². The number of para-hydroxylation sites is 1. The smallest absolute Gasteiger partial charge is 0.164 e. The highest BCUT2D eigenvalue weighted by molar-refractivity contribution is 6.13. The summed E-state index contributed by atoms with van der Waals surface area (Å²) in [6.45, 7) is 0. The molecule has 0 saturated carbocycles. The van der Waals surface area contributed by atoms with E-state index in [1.54, 1.807) is 0 Å². The minimum absolute atomic E-state index is 0.571. The fourth-order valence-corrected chi connectivity index (χ4v) is 10.1. The molecule has 1 aliphatic heterocycles. The van der Waals surface area contributed by atoms with Crippen molar-refractivity contribution in [2.75, 3.05) is 0 Å². The third-order valence-electron chi connectivity index (χ3n) is 13.0. The van der Waals surface area contributed by atoms with Crippen molar-refractivity contribution < 1.29 is 4.74 Å². The summed E-state index contributed by atoms with van der Waals surface area (Å²) in [7, 11) is 0. The number of nitrogens with zero attached hydrogens (tertiary/aromatic N) is 4. The molecule has 298 valence electrons. The lowest BCUT2D eigenvalue weighted by molar-refractivity contribution is 0.437. The fraction of sp³-hybridized carbons (Fsp3) is 0.0169. The average Bonchev–Trinajstić information content (AvgIpc) is 3.66. The van der Waals surface area contributed by atoms with Gasteiger partial charge in [-0.05, 0) is 63.0 Å². The molecule has 0 bridgehead atoms. The van der Waals surface area contributed by atoms with Gasteiger partial charge >= 0.3 is 0 Å². The van der Waals surface area contributed by atoms with Crippen molar-refractivity contribution in [1.29, 1.82) is 0 Å². The summed E-state index contributed by atoms with van der Waals surface area (Å²) >= 11 is 0. The summed E-state index contributed by atoms with van der Waals surface area (Å²) in [5.41, 5.74) is 14.6. The van der Waals surface area contributed by atoms with Crippen LogP contribution >= 0.6 is 0 Å². The minimum atomic E-state index is -0.571. The summed E-state index contributed by atoms with van der Waals surface area (Å²) in [6, 6.07) is 76.7. The number of pyridine rings is 1. The Morgan fingerprint density at radius 3 is 1.39 bits per heavy atom. The molecule has 13 rings (SSSR count). The summed E-state index contributed by atoms with van der Waals surface area (Å²) in [6.07, 6.45) is 0. The Labute approximate surface area is 370 Å². The molecule has 9 aromatic carbocycles. The number of benzene rings is 9. The van der Waals surface area contributed by atoms with Crippen LogP contribution in [0.15, 0.2) is 218 Å². The zero-order valence-electron chi connectivity index (χ0n) is 34.5. The van der Waals surface area contributed by atoms with E-state index < -0.39 is 5.41 Å². The number of hydrogen-bond donors (Lipinski definition) is 0. The molecule has 0 fully saturated rings. The first-order valence-electron chi connectivity index (χ1n) is 21.6. The van der Waals surface area contributed by atoms with Crippen LogP contribution in [0.5, 0.6) is 11.5 Å². The lowest BCUT2D eigenvalue weighted by Crippen LogP contribution is -2.32. The summed E-state index contributed by atoms with van der Waals surface area (Å²) in [4.78, 5) is 20.3. The SMILES string of the molecule is c1ccc(-c2nc(-c3ccccc3)nc(-c3ccc(-c4ccc5c(c4)nc(-c4ccccc4)c4cc6c(cc45)Oc4ccccc4C64c5ccccc5-c5ccccc54)cc3)n2)cc1. The van der Waals surface area contributed by atoms with Crippen molar-refractivity contribution in [2.24, 2.45) is 0 Å². The van der Waals surface area contributed by atoms with Crippen molar-refractivity contribution in [3.63, 3.8) is 0 Å². The van der Waals surface area contributed by atoms with Gasteiger partial charge in [-0.3, -0.25) is 0 Å². The molecule has 0 unspecified atom stereocenters. The molecule has 3 heterocycles. The maximum absolute atomic E-state index is 6.97. The Morgan fingerprint density at radius 1 is 0.297 bits per heavy atom. The molecule has 0 N–H and O–H groups in total. The molecule has 5 nitrogen and oxygen atoms in total. The highest BCUT2D eigenvalue weighted by atomic mass is 16.5. The average molecular weight is 817 g/mol. The number of fused-ring (bicyclic) bond motifs is 12. The fourth-order valence-electron chi connectivity index (χ4n) is 10.1. The monoisotopic (exact) mass is 816 g/mol. The van der Waals surface area contributed by atoms with Gasteiger partial charge in [-0.1, -0.05) is 194 Å². The van der Waals surface area contributed by atoms with Gasteiger partial charge in [-0.15, -0.1) is 0 Å². The lowest BCUT2D eigenvalue weighted by Gasteiger charge is -2.39. The number of ether oxygens (including phenoxy) is 1. The maximum Gasteiger partial charge on any atom is 0.164 e. The number of rotatable bonds is 5.